The molecule has 0 spiro atoms. The second-order valence-corrected chi connectivity index (χ2v) is 4.66. The maximum absolute atomic E-state index is 3.70. The maximum atomic E-state index is 3.70. The minimum absolute atomic E-state index is 0.247. The second-order valence-electron chi connectivity index (χ2n) is 4.66. The summed E-state index contributed by atoms with van der Waals surface area (Å²) < 4.78 is 0. The zero-order valence-corrected chi connectivity index (χ0v) is 9.97. The van der Waals surface area contributed by atoms with Gasteiger partial charge in [0.05, 0.1) is 0 Å². The van der Waals surface area contributed by atoms with Crippen molar-refractivity contribution in [3.8, 4) is 0 Å². The summed E-state index contributed by atoms with van der Waals surface area (Å²) in [6.45, 7) is 11.4. The van der Waals surface area contributed by atoms with Crippen molar-refractivity contribution in [2.75, 3.05) is 6.54 Å². The van der Waals surface area contributed by atoms with Crippen molar-refractivity contribution in [3.05, 3.63) is 24.8 Å². The Kier molecular flexibility index (Phi) is 7.50. The first kappa shape index (κ1) is 13.4. The van der Waals surface area contributed by atoms with E-state index < -0.39 is 0 Å². The summed E-state index contributed by atoms with van der Waals surface area (Å²) in [5.41, 5.74) is 0.247. The quantitative estimate of drug-likeness (QED) is 0.483. The van der Waals surface area contributed by atoms with Crippen LogP contribution >= 0.6 is 0 Å². The van der Waals surface area contributed by atoms with Crippen LogP contribution < -0.4 is 5.32 Å². The van der Waals surface area contributed by atoms with Gasteiger partial charge in [-0.1, -0.05) is 18.2 Å². The average Bonchev–Trinajstić information content (AvgIpc) is 2.08. The lowest BCUT2D eigenvalue weighted by atomic mass is 10.1. The summed E-state index contributed by atoms with van der Waals surface area (Å²) >= 11 is 0. The Bertz CT molecular complexity index is 163. The molecule has 0 rings (SSSR count). The predicted molar refractivity (Wildman–Crippen MR) is 65.6 cm³/mol. The molecule has 0 amide bonds. The fourth-order valence-corrected chi connectivity index (χ4v) is 1.15. The zero-order valence-electron chi connectivity index (χ0n) is 9.97. The largest absolute Gasteiger partial charge is 0.312 e. The average molecular weight is 195 g/mol. The number of hydrogen-bond donors (Lipinski definition) is 1. The van der Waals surface area contributed by atoms with E-state index in [9.17, 15) is 0 Å². The first-order chi connectivity index (χ1) is 6.56. The Hall–Kier alpha value is -0.560. The second kappa shape index (κ2) is 7.81. The number of hydrogen-bond acceptors (Lipinski definition) is 1. The van der Waals surface area contributed by atoms with Crippen molar-refractivity contribution in [1.82, 2.24) is 5.32 Å². The van der Waals surface area contributed by atoms with E-state index >= 15 is 0 Å². The van der Waals surface area contributed by atoms with Crippen LogP contribution in [-0.2, 0) is 0 Å². The summed E-state index contributed by atoms with van der Waals surface area (Å²) in [5.74, 6) is 0. The highest BCUT2D eigenvalue weighted by Crippen LogP contribution is 2.00. The van der Waals surface area contributed by atoms with E-state index in [1.807, 2.05) is 6.08 Å². The van der Waals surface area contributed by atoms with Gasteiger partial charge in [-0.3, -0.25) is 0 Å². The van der Waals surface area contributed by atoms with Crippen LogP contribution in [0, 0.1) is 0 Å². The third-order valence-electron chi connectivity index (χ3n) is 1.91. The minimum atomic E-state index is 0.247. The summed E-state index contributed by atoms with van der Waals surface area (Å²) in [7, 11) is 0. The third-order valence-corrected chi connectivity index (χ3v) is 1.91. The van der Waals surface area contributed by atoms with Crippen LogP contribution in [0.4, 0.5) is 0 Å². The molecule has 0 aliphatic carbocycles. The third kappa shape index (κ3) is 11.4. The van der Waals surface area contributed by atoms with Crippen LogP contribution in [0.25, 0.3) is 0 Å². The summed E-state index contributed by atoms with van der Waals surface area (Å²) in [4.78, 5) is 0. The lowest BCUT2D eigenvalue weighted by Gasteiger charge is -2.19. The Morgan fingerprint density at radius 3 is 2.29 bits per heavy atom. The van der Waals surface area contributed by atoms with Crippen molar-refractivity contribution < 1.29 is 0 Å². The maximum Gasteiger partial charge on any atom is 0.00966 e. The highest BCUT2D eigenvalue weighted by atomic mass is 14.9. The molecule has 1 nitrogen and oxygen atoms in total. The molecule has 0 heterocycles. The Morgan fingerprint density at radius 2 is 1.71 bits per heavy atom. The molecule has 0 bridgehead atoms. The van der Waals surface area contributed by atoms with Crippen molar-refractivity contribution >= 4 is 0 Å². The van der Waals surface area contributed by atoms with Crippen molar-refractivity contribution in [1.29, 1.82) is 0 Å². The molecule has 0 saturated heterocycles. The Labute approximate surface area is 89.3 Å². The Morgan fingerprint density at radius 1 is 1.07 bits per heavy atom. The molecule has 14 heavy (non-hydrogen) atoms. The molecule has 82 valence electrons. The smallest absolute Gasteiger partial charge is 0.00966 e. The van der Waals surface area contributed by atoms with Crippen molar-refractivity contribution in [2.45, 2.75) is 52.0 Å². The van der Waals surface area contributed by atoms with Crippen molar-refractivity contribution in [2.24, 2.45) is 0 Å². The molecular formula is C13H25N. The number of allylic oxidation sites excluding steroid dienone is 2. The molecule has 0 saturated carbocycles. The van der Waals surface area contributed by atoms with Crippen LogP contribution in [-0.4, -0.2) is 12.1 Å². The lowest BCUT2D eigenvalue weighted by molar-refractivity contribution is 0.431. The first-order valence-corrected chi connectivity index (χ1v) is 5.57. The van der Waals surface area contributed by atoms with Crippen LogP contribution in [0.3, 0.4) is 0 Å². The summed E-state index contributed by atoms with van der Waals surface area (Å²) in [6.07, 6.45) is 11.2. The molecule has 0 aliphatic rings. The fourth-order valence-electron chi connectivity index (χ4n) is 1.15. The number of unbranched alkanes of at least 4 members (excludes halogenated alkanes) is 2. The van der Waals surface area contributed by atoms with Crippen LogP contribution in [0.5, 0.6) is 0 Å². The minimum Gasteiger partial charge on any atom is -0.312 e. The molecule has 0 aromatic carbocycles. The van der Waals surface area contributed by atoms with E-state index in [1.165, 1.54) is 12.8 Å². The highest BCUT2D eigenvalue weighted by molar-refractivity contribution is 4.84. The number of rotatable bonds is 7. The normalized spacial score (nSPS) is 12.2. The van der Waals surface area contributed by atoms with Crippen LogP contribution in [0.2, 0.25) is 0 Å². The molecule has 0 aliphatic heterocycles. The van der Waals surface area contributed by atoms with Gasteiger partial charge in [0.1, 0.15) is 0 Å². The van der Waals surface area contributed by atoms with Gasteiger partial charge in [-0.25, -0.2) is 0 Å². The molecule has 1 N–H and O–H groups in total. The molecule has 0 atom stereocenters. The van der Waals surface area contributed by atoms with Crippen LogP contribution in [0.1, 0.15) is 46.5 Å². The van der Waals surface area contributed by atoms with Gasteiger partial charge in [-0.15, -0.1) is 6.58 Å². The van der Waals surface area contributed by atoms with E-state index in [-0.39, 0.29) is 5.54 Å². The van der Waals surface area contributed by atoms with Gasteiger partial charge in [-0.2, -0.15) is 0 Å². The van der Waals surface area contributed by atoms with E-state index in [0.717, 1.165) is 19.4 Å². The zero-order chi connectivity index (χ0) is 10.9. The fraction of sp³-hybridized carbons (Fsp3) is 0.692. The molecule has 0 aromatic rings. The number of nitrogens with one attached hydrogen (secondary N) is 1. The summed E-state index contributed by atoms with van der Waals surface area (Å²) in [5, 5.41) is 3.46. The highest BCUT2D eigenvalue weighted by Gasteiger charge is 2.05. The van der Waals surface area contributed by atoms with Gasteiger partial charge < -0.3 is 5.32 Å². The lowest BCUT2D eigenvalue weighted by Crippen LogP contribution is -2.36. The van der Waals surface area contributed by atoms with Gasteiger partial charge in [0.15, 0.2) is 0 Å². The Balaban J connectivity index is 3.23. The molecule has 0 aromatic heterocycles. The molecule has 0 unspecified atom stereocenters. The first-order valence-electron chi connectivity index (χ1n) is 5.57. The molecule has 0 radical (unpaired) electrons. The van der Waals surface area contributed by atoms with Crippen molar-refractivity contribution in [3.63, 3.8) is 0 Å². The monoisotopic (exact) mass is 195 g/mol. The molecular weight excluding hydrogens is 170 g/mol. The van der Waals surface area contributed by atoms with Gasteiger partial charge in [0.2, 0.25) is 0 Å². The SMILES string of the molecule is C=CCCCC=CCCNC(C)(C)C. The van der Waals surface area contributed by atoms with E-state index in [2.05, 4.69) is 44.8 Å². The predicted octanol–water partition coefficient (Wildman–Crippen LogP) is 3.68. The standard InChI is InChI=1S/C13H25N/c1-5-6-7-8-9-10-11-12-14-13(2,3)4/h5,9-10,14H,1,6-8,11-12H2,2-4H3. The van der Waals surface area contributed by atoms with Gasteiger partial charge in [-0.05, 0) is 53.0 Å². The van der Waals surface area contributed by atoms with E-state index in [0.29, 0.717) is 0 Å². The van der Waals surface area contributed by atoms with E-state index in [1.54, 1.807) is 0 Å². The molecule has 1 heteroatoms. The topological polar surface area (TPSA) is 12.0 Å². The van der Waals surface area contributed by atoms with E-state index in [4.69, 9.17) is 0 Å². The van der Waals surface area contributed by atoms with Gasteiger partial charge >= 0.3 is 0 Å². The van der Waals surface area contributed by atoms with Gasteiger partial charge in [0.25, 0.3) is 0 Å². The van der Waals surface area contributed by atoms with Crippen LogP contribution in [0.15, 0.2) is 24.8 Å². The van der Waals surface area contributed by atoms with Gasteiger partial charge in [0, 0.05) is 5.54 Å². The summed E-state index contributed by atoms with van der Waals surface area (Å²) in [6, 6.07) is 0. The molecule has 0 fully saturated rings.